The number of likely N-dealkylation sites (tertiary alicyclic amines) is 2. The van der Waals surface area contributed by atoms with Gasteiger partial charge in [-0.15, -0.1) is 0 Å². The topological polar surface area (TPSA) is 82.1 Å². The molecule has 224 valence electrons. The van der Waals surface area contributed by atoms with E-state index >= 15 is 0 Å². The molecule has 1 unspecified atom stereocenters. The van der Waals surface area contributed by atoms with Crippen LogP contribution in [0.5, 0.6) is 0 Å². The fraction of sp³-hybridized carbons (Fsp3) is 0.455. The number of nitrogens with one attached hydrogen (secondary N) is 2. The number of aromatic nitrogens is 4. The summed E-state index contributed by atoms with van der Waals surface area (Å²) in [6.45, 7) is 9.69. The normalized spacial score (nSPS) is 18.5. The van der Waals surface area contributed by atoms with Crippen molar-refractivity contribution in [3.05, 3.63) is 93.8 Å². The van der Waals surface area contributed by atoms with E-state index in [0.717, 1.165) is 61.9 Å². The fourth-order valence-corrected chi connectivity index (χ4v) is 5.88. The Morgan fingerprint density at radius 3 is 1.69 bits per heavy atom. The number of H-pyrrole nitrogens is 2. The highest BCUT2D eigenvalue weighted by molar-refractivity contribution is 5.61. The summed E-state index contributed by atoms with van der Waals surface area (Å²) in [4.78, 5) is 28.8. The number of halogens is 1. The Balaban J connectivity index is 0.000000168. The molecule has 1 atom stereocenters. The van der Waals surface area contributed by atoms with Crippen molar-refractivity contribution in [2.24, 2.45) is 5.92 Å². The van der Waals surface area contributed by atoms with Crippen LogP contribution in [0.15, 0.2) is 82.6 Å². The van der Waals surface area contributed by atoms with Crippen molar-refractivity contribution in [2.45, 2.75) is 51.9 Å². The fourth-order valence-electron chi connectivity index (χ4n) is 5.88. The molecule has 2 aromatic heterocycles. The second kappa shape index (κ2) is 14.5. The van der Waals surface area contributed by atoms with Gasteiger partial charge < -0.3 is 9.80 Å². The number of nitrogens with zero attached hydrogens (tertiary/aromatic N) is 4. The van der Waals surface area contributed by atoms with Crippen LogP contribution >= 0.6 is 0 Å². The van der Waals surface area contributed by atoms with Gasteiger partial charge in [0.05, 0.1) is 24.2 Å². The molecule has 2 aromatic carbocycles. The van der Waals surface area contributed by atoms with Gasteiger partial charge in [-0.2, -0.15) is 0 Å². The first-order valence-corrected chi connectivity index (χ1v) is 15.2. The van der Waals surface area contributed by atoms with Crippen molar-refractivity contribution in [3.63, 3.8) is 0 Å². The molecule has 0 saturated carbocycles. The van der Waals surface area contributed by atoms with Crippen molar-refractivity contribution >= 4 is 0 Å². The predicted octanol–water partition coefficient (Wildman–Crippen LogP) is 4.85. The molecule has 9 heteroatoms. The lowest BCUT2D eigenvalue weighted by molar-refractivity contribution is 0.146. The van der Waals surface area contributed by atoms with Crippen LogP contribution in [-0.2, 0) is 13.1 Å². The number of hydrogen-bond donors (Lipinski definition) is 2. The number of piperidine rings is 2. The van der Waals surface area contributed by atoms with Gasteiger partial charge in [0.1, 0.15) is 6.17 Å². The van der Waals surface area contributed by atoms with E-state index in [0.29, 0.717) is 18.4 Å². The molecule has 8 nitrogen and oxygen atoms in total. The van der Waals surface area contributed by atoms with E-state index in [4.69, 9.17) is 0 Å². The Bertz CT molecular complexity index is 1480. The minimum atomic E-state index is -0.641. The van der Waals surface area contributed by atoms with E-state index in [1.165, 1.54) is 25.9 Å². The van der Waals surface area contributed by atoms with Crippen LogP contribution in [0.2, 0.25) is 0 Å². The van der Waals surface area contributed by atoms with Crippen LogP contribution in [0.4, 0.5) is 4.39 Å². The SMILES string of the molecule is CC1CCCN(CCn2cc(-c3ccccc3)c(=O)[nH]2)C1.O=c1[nH]n(CCN2CCC(F)CC2)cc1-c1ccccc1. The standard InChI is InChI=1S/C17H23N3O.C16H20FN3O/c1-14-6-5-9-19(12-14)10-11-20-13-16(17(21)18-20)15-7-3-2-4-8-15;17-14-6-8-19(9-7-14)10-11-20-12-15(16(21)18-20)13-4-2-1-3-5-13/h2-4,7-8,13-14H,5-6,9-12H2,1H3,(H,18,21);1-5,12,14H,6-11H2,(H,18,21). The van der Waals surface area contributed by atoms with Gasteiger partial charge in [0.25, 0.3) is 11.1 Å². The van der Waals surface area contributed by atoms with E-state index < -0.39 is 6.17 Å². The van der Waals surface area contributed by atoms with Gasteiger partial charge >= 0.3 is 0 Å². The Morgan fingerprint density at radius 1 is 0.690 bits per heavy atom. The maximum absolute atomic E-state index is 13.1. The third-order valence-corrected chi connectivity index (χ3v) is 8.29. The molecule has 4 heterocycles. The summed E-state index contributed by atoms with van der Waals surface area (Å²) >= 11 is 0. The number of benzene rings is 2. The Hall–Kier alpha value is -3.69. The minimum Gasteiger partial charge on any atom is -0.301 e. The average Bonchev–Trinajstić information content (AvgIpc) is 3.58. The summed E-state index contributed by atoms with van der Waals surface area (Å²) in [5.74, 6) is 0.794. The highest BCUT2D eigenvalue weighted by Gasteiger charge is 2.18. The van der Waals surface area contributed by atoms with Gasteiger partial charge in [0, 0.05) is 45.1 Å². The zero-order chi connectivity index (χ0) is 29.3. The summed E-state index contributed by atoms with van der Waals surface area (Å²) in [5, 5.41) is 5.78. The predicted molar refractivity (Wildman–Crippen MR) is 166 cm³/mol. The molecule has 42 heavy (non-hydrogen) atoms. The molecule has 2 N–H and O–H groups in total. The molecule has 2 saturated heterocycles. The number of alkyl halides is 1. The van der Waals surface area contributed by atoms with E-state index in [1.54, 1.807) is 0 Å². The monoisotopic (exact) mass is 574 g/mol. The molecule has 0 radical (unpaired) electrons. The lowest BCUT2D eigenvalue weighted by Gasteiger charge is -2.30. The largest absolute Gasteiger partial charge is 0.301 e. The Labute approximate surface area is 246 Å². The molecule has 2 aliphatic rings. The lowest BCUT2D eigenvalue weighted by Crippen LogP contribution is -2.36. The van der Waals surface area contributed by atoms with Gasteiger partial charge in [0.2, 0.25) is 0 Å². The number of rotatable bonds is 8. The van der Waals surface area contributed by atoms with E-state index in [-0.39, 0.29) is 11.1 Å². The summed E-state index contributed by atoms with van der Waals surface area (Å²) in [7, 11) is 0. The van der Waals surface area contributed by atoms with Crippen LogP contribution in [0.1, 0.15) is 32.6 Å². The van der Waals surface area contributed by atoms with Gasteiger partial charge in [-0.3, -0.25) is 29.2 Å². The molecular formula is C33H43FN6O2. The van der Waals surface area contributed by atoms with Crippen LogP contribution in [0.25, 0.3) is 22.3 Å². The third-order valence-electron chi connectivity index (χ3n) is 8.29. The maximum Gasteiger partial charge on any atom is 0.271 e. The average molecular weight is 575 g/mol. The van der Waals surface area contributed by atoms with Crippen LogP contribution in [0.3, 0.4) is 0 Å². The maximum atomic E-state index is 13.1. The molecule has 2 fully saturated rings. The molecule has 2 aliphatic heterocycles. The van der Waals surface area contributed by atoms with Crippen LogP contribution < -0.4 is 11.1 Å². The first-order chi connectivity index (χ1) is 20.4. The molecule has 0 spiro atoms. The summed E-state index contributed by atoms with van der Waals surface area (Å²) in [5.41, 5.74) is 3.28. The molecule has 0 aliphatic carbocycles. The van der Waals surface area contributed by atoms with E-state index in [2.05, 4.69) is 26.9 Å². The smallest absolute Gasteiger partial charge is 0.271 e. The summed E-state index contributed by atoms with van der Waals surface area (Å²) < 4.78 is 16.8. The van der Waals surface area contributed by atoms with Crippen LogP contribution in [0, 0.1) is 5.92 Å². The van der Waals surface area contributed by atoms with Crippen molar-refractivity contribution in [3.8, 4) is 22.3 Å². The third kappa shape index (κ3) is 8.20. The first kappa shape index (κ1) is 29.8. The summed E-state index contributed by atoms with van der Waals surface area (Å²) in [6, 6.07) is 19.5. The van der Waals surface area contributed by atoms with Gasteiger partial charge in [-0.05, 0) is 49.3 Å². The highest BCUT2D eigenvalue weighted by atomic mass is 19.1. The van der Waals surface area contributed by atoms with Crippen molar-refractivity contribution < 1.29 is 4.39 Å². The Kier molecular flexibility index (Phi) is 10.3. The first-order valence-electron chi connectivity index (χ1n) is 15.2. The van der Waals surface area contributed by atoms with E-state index in [1.807, 2.05) is 82.4 Å². The minimum absolute atomic E-state index is 0.00628. The molecule has 6 rings (SSSR count). The van der Waals surface area contributed by atoms with Gasteiger partial charge in [-0.1, -0.05) is 67.6 Å². The van der Waals surface area contributed by atoms with Crippen molar-refractivity contribution in [1.82, 2.24) is 29.4 Å². The second-order valence-electron chi connectivity index (χ2n) is 11.7. The number of hydrogen-bond acceptors (Lipinski definition) is 4. The lowest BCUT2D eigenvalue weighted by atomic mass is 10.0. The van der Waals surface area contributed by atoms with E-state index in [9.17, 15) is 14.0 Å². The van der Waals surface area contributed by atoms with Crippen molar-refractivity contribution in [2.75, 3.05) is 39.3 Å². The zero-order valence-electron chi connectivity index (χ0n) is 24.6. The Morgan fingerprint density at radius 2 is 1.19 bits per heavy atom. The van der Waals surface area contributed by atoms with Crippen LogP contribution in [-0.4, -0.2) is 74.8 Å². The molecule has 0 amide bonds. The quantitative estimate of drug-likeness (QED) is 0.315. The number of aromatic amines is 2. The zero-order valence-corrected chi connectivity index (χ0v) is 24.6. The molecule has 4 aromatic rings. The van der Waals surface area contributed by atoms with Crippen molar-refractivity contribution in [1.29, 1.82) is 0 Å². The van der Waals surface area contributed by atoms with Gasteiger partial charge in [0.15, 0.2) is 0 Å². The molecule has 0 bridgehead atoms. The molecular weight excluding hydrogens is 531 g/mol. The van der Waals surface area contributed by atoms with Gasteiger partial charge in [-0.25, -0.2) is 4.39 Å². The highest BCUT2D eigenvalue weighted by Crippen LogP contribution is 2.17. The summed E-state index contributed by atoms with van der Waals surface area (Å²) in [6.07, 6.45) is 7.03. The second-order valence-corrected chi connectivity index (χ2v) is 11.7.